The molecule has 0 atom stereocenters. The lowest BCUT2D eigenvalue weighted by Crippen LogP contribution is -2.18. The van der Waals surface area contributed by atoms with Crippen molar-refractivity contribution in [2.75, 3.05) is 0 Å². The van der Waals surface area contributed by atoms with Gasteiger partial charge in [-0.25, -0.2) is 9.82 Å². The summed E-state index contributed by atoms with van der Waals surface area (Å²) in [7, 11) is -3.63. The van der Waals surface area contributed by atoms with Crippen LogP contribution in [0.3, 0.4) is 0 Å². The van der Waals surface area contributed by atoms with E-state index in [0.29, 0.717) is 10.2 Å². The van der Waals surface area contributed by atoms with E-state index in [-0.39, 0.29) is 4.90 Å². The summed E-state index contributed by atoms with van der Waals surface area (Å²) >= 11 is 3.21. The molecule has 0 radical (unpaired) electrons. The highest BCUT2D eigenvalue weighted by molar-refractivity contribution is 9.10. The average molecular weight is 354 g/mol. The SMILES string of the molecule is Cc1ccc(S(=O)(=O)N/N=C/c2ccc(Br)nc2)cc1. The minimum Gasteiger partial charge on any atom is -0.249 e. The summed E-state index contributed by atoms with van der Waals surface area (Å²) in [5.41, 5.74) is 1.69. The molecule has 0 aliphatic heterocycles. The maximum atomic E-state index is 11.9. The van der Waals surface area contributed by atoms with E-state index in [1.807, 2.05) is 6.92 Å². The highest BCUT2D eigenvalue weighted by atomic mass is 79.9. The van der Waals surface area contributed by atoms with Gasteiger partial charge in [-0.3, -0.25) is 0 Å². The minimum atomic E-state index is -3.63. The standard InChI is InChI=1S/C13H12BrN3O2S/c1-10-2-5-12(6-3-10)20(18,19)17-16-9-11-4-7-13(14)15-8-11/h2-9,17H,1H3/b16-9+. The maximum Gasteiger partial charge on any atom is 0.276 e. The lowest BCUT2D eigenvalue weighted by atomic mass is 10.2. The van der Waals surface area contributed by atoms with Crippen molar-refractivity contribution in [3.63, 3.8) is 0 Å². The summed E-state index contributed by atoms with van der Waals surface area (Å²) in [6.45, 7) is 1.89. The van der Waals surface area contributed by atoms with Crippen molar-refractivity contribution in [3.05, 3.63) is 58.3 Å². The van der Waals surface area contributed by atoms with Crippen LogP contribution in [-0.2, 0) is 10.0 Å². The van der Waals surface area contributed by atoms with Gasteiger partial charge < -0.3 is 0 Å². The van der Waals surface area contributed by atoms with Crippen molar-refractivity contribution >= 4 is 32.2 Å². The Labute approximate surface area is 125 Å². The fourth-order valence-electron chi connectivity index (χ4n) is 1.40. The van der Waals surface area contributed by atoms with Crippen molar-refractivity contribution in [1.29, 1.82) is 0 Å². The number of benzene rings is 1. The van der Waals surface area contributed by atoms with Gasteiger partial charge in [-0.1, -0.05) is 17.7 Å². The predicted molar refractivity (Wildman–Crippen MR) is 81.0 cm³/mol. The molecule has 0 fully saturated rings. The van der Waals surface area contributed by atoms with E-state index < -0.39 is 10.0 Å². The van der Waals surface area contributed by atoms with Gasteiger partial charge in [-0.05, 0) is 47.1 Å². The van der Waals surface area contributed by atoms with E-state index in [2.05, 4.69) is 30.8 Å². The monoisotopic (exact) mass is 353 g/mol. The number of hydrazone groups is 1. The fraction of sp³-hybridized carbons (Fsp3) is 0.0769. The van der Waals surface area contributed by atoms with E-state index in [0.717, 1.165) is 5.56 Å². The van der Waals surface area contributed by atoms with E-state index in [1.54, 1.807) is 30.5 Å². The molecule has 0 aliphatic rings. The van der Waals surface area contributed by atoms with Gasteiger partial charge in [0, 0.05) is 11.8 Å². The third-order valence-corrected chi connectivity index (χ3v) is 4.18. The number of aryl methyl sites for hydroxylation is 1. The Bertz CT molecular complexity index is 710. The predicted octanol–water partition coefficient (Wildman–Crippen LogP) is 2.46. The molecular formula is C13H12BrN3O2S. The summed E-state index contributed by atoms with van der Waals surface area (Å²) in [5, 5.41) is 3.72. The topological polar surface area (TPSA) is 71.4 Å². The number of hydrogen-bond acceptors (Lipinski definition) is 4. The molecular weight excluding hydrogens is 342 g/mol. The second-order valence-corrected chi connectivity index (χ2v) is 6.55. The Morgan fingerprint density at radius 3 is 2.50 bits per heavy atom. The molecule has 1 aromatic heterocycles. The van der Waals surface area contributed by atoms with Gasteiger partial charge >= 0.3 is 0 Å². The lowest BCUT2D eigenvalue weighted by molar-refractivity contribution is 0.584. The first-order valence-electron chi connectivity index (χ1n) is 5.70. The molecule has 0 aliphatic carbocycles. The van der Waals surface area contributed by atoms with Crippen LogP contribution in [0.4, 0.5) is 0 Å². The number of halogens is 1. The first kappa shape index (κ1) is 14.7. The zero-order chi connectivity index (χ0) is 14.6. The van der Waals surface area contributed by atoms with Gasteiger partial charge in [0.25, 0.3) is 10.0 Å². The van der Waals surface area contributed by atoms with E-state index in [4.69, 9.17) is 0 Å². The van der Waals surface area contributed by atoms with E-state index in [9.17, 15) is 8.42 Å². The molecule has 0 bridgehead atoms. The van der Waals surface area contributed by atoms with Gasteiger partial charge in [-0.2, -0.15) is 13.5 Å². The van der Waals surface area contributed by atoms with Gasteiger partial charge in [0.2, 0.25) is 0 Å². The number of aromatic nitrogens is 1. The summed E-state index contributed by atoms with van der Waals surface area (Å²) in [5.74, 6) is 0. The maximum absolute atomic E-state index is 11.9. The van der Waals surface area contributed by atoms with Crippen molar-refractivity contribution in [3.8, 4) is 0 Å². The Morgan fingerprint density at radius 1 is 1.20 bits per heavy atom. The number of hydrogen-bond donors (Lipinski definition) is 1. The molecule has 5 nitrogen and oxygen atoms in total. The van der Waals surface area contributed by atoms with Crippen LogP contribution in [0.1, 0.15) is 11.1 Å². The Hall–Kier alpha value is -1.73. The Morgan fingerprint density at radius 2 is 1.90 bits per heavy atom. The van der Waals surface area contributed by atoms with Crippen molar-refractivity contribution < 1.29 is 8.42 Å². The van der Waals surface area contributed by atoms with Crippen molar-refractivity contribution in [2.45, 2.75) is 11.8 Å². The van der Waals surface area contributed by atoms with Crippen LogP contribution >= 0.6 is 15.9 Å². The van der Waals surface area contributed by atoms with Gasteiger partial charge in [-0.15, -0.1) is 0 Å². The molecule has 1 N–H and O–H groups in total. The van der Waals surface area contributed by atoms with Crippen LogP contribution in [0.2, 0.25) is 0 Å². The highest BCUT2D eigenvalue weighted by Gasteiger charge is 2.11. The number of sulfonamides is 1. The van der Waals surface area contributed by atoms with Gasteiger partial charge in [0.05, 0.1) is 11.1 Å². The molecule has 0 unspecified atom stereocenters. The molecule has 7 heteroatoms. The zero-order valence-corrected chi connectivity index (χ0v) is 13.0. The normalized spacial score (nSPS) is 11.7. The van der Waals surface area contributed by atoms with Crippen LogP contribution < -0.4 is 4.83 Å². The third-order valence-electron chi connectivity index (χ3n) is 2.47. The van der Waals surface area contributed by atoms with Crippen molar-refractivity contribution in [1.82, 2.24) is 9.82 Å². The number of pyridine rings is 1. The molecule has 0 saturated carbocycles. The Kier molecular flexibility index (Phi) is 4.51. The summed E-state index contributed by atoms with van der Waals surface area (Å²) in [6, 6.07) is 10.0. The Balaban J connectivity index is 2.09. The molecule has 2 rings (SSSR count). The second-order valence-electron chi connectivity index (χ2n) is 4.08. The first-order valence-corrected chi connectivity index (χ1v) is 7.98. The molecule has 104 valence electrons. The average Bonchev–Trinajstić information content (AvgIpc) is 2.41. The summed E-state index contributed by atoms with van der Waals surface area (Å²) in [4.78, 5) is 6.35. The molecule has 1 heterocycles. The van der Waals surface area contributed by atoms with Gasteiger partial charge in [0.1, 0.15) is 4.60 Å². The fourth-order valence-corrected chi connectivity index (χ4v) is 2.43. The number of rotatable bonds is 4. The zero-order valence-electron chi connectivity index (χ0n) is 10.6. The smallest absolute Gasteiger partial charge is 0.249 e. The van der Waals surface area contributed by atoms with Crippen LogP contribution in [0.15, 0.2) is 57.2 Å². The number of nitrogens with zero attached hydrogens (tertiary/aromatic N) is 2. The minimum absolute atomic E-state index is 0.175. The van der Waals surface area contributed by atoms with Gasteiger partial charge in [0.15, 0.2) is 0 Å². The molecule has 1 aromatic carbocycles. The number of nitrogens with one attached hydrogen (secondary N) is 1. The van der Waals surface area contributed by atoms with Crippen LogP contribution in [0, 0.1) is 6.92 Å². The second kappa shape index (κ2) is 6.15. The molecule has 0 spiro atoms. The van der Waals surface area contributed by atoms with E-state index >= 15 is 0 Å². The lowest BCUT2D eigenvalue weighted by Gasteiger charge is -2.03. The highest BCUT2D eigenvalue weighted by Crippen LogP contribution is 2.09. The quantitative estimate of drug-likeness (QED) is 0.521. The molecule has 20 heavy (non-hydrogen) atoms. The van der Waals surface area contributed by atoms with Crippen LogP contribution in [-0.4, -0.2) is 19.6 Å². The molecule has 0 saturated heterocycles. The third kappa shape index (κ3) is 3.88. The molecule has 0 amide bonds. The molecule has 2 aromatic rings. The summed E-state index contributed by atoms with van der Waals surface area (Å²) < 4.78 is 24.6. The largest absolute Gasteiger partial charge is 0.276 e. The van der Waals surface area contributed by atoms with Crippen LogP contribution in [0.25, 0.3) is 0 Å². The summed E-state index contributed by atoms with van der Waals surface area (Å²) in [6.07, 6.45) is 2.97. The van der Waals surface area contributed by atoms with Crippen molar-refractivity contribution in [2.24, 2.45) is 5.10 Å². The first-order chi connectivity index (χ1) is 9.47. The van der Waals surface area contributed by atoms with Crippen LogP contribution in [0.5, 0.6) is 0 Å². The van der Waals surface area contributed by atoms with E-state index in [1.165, 1.54) is 18.3 Å².